The predicted octanol–water partition coefficient (Wildman–Crippen LogP) is 6.58. The van der Waals surface area contributed by atoms with E-state index in [4.69, 9.17) is 39.2 Å². The lowest BCUT2D eigenvalue weighted by atomic mass is 10.2. The molecule has 1 aliphatic rings. The van der Waals surface area contributed by atoms with Gasteiger partial charge in [0.1, 0.15) is 18.1 Å². The van der Waals surface area contributed by atoms with Gasteiger partial charge in [0.05, 0.1) is 25.7 Å². The van der Waals surface area contributed by atoms with Gasteiger partial charge in [-0.15, -0.1) is 0 Å². The number of thioether (sulfide) groups is 1. The van der Waals surface area contributed by atoms with Gasteiger partial charge in [0.25, 0.3) is 11.1 Å². The molecule has 1 aliphatic heterocycles. The lowest BCUT2D eigenvalue weighted by molar-refractivity contribution is -0.127. The molecular weight excluding hydrogens is 495 g/mol. The highest BCUT2D eigenvalue weighted by atomic mass is 35.5. The van der Waals surface area contributed by atoms with Gasteiger partial charge >= 0.3 is 0 Å². The van der Waals surface area contributed by atoms with E-state index in [1.165, 1.54) is 6.08 Å². The minimum Gasteiger partial charge on any atom is -0.457 e. The largest absolute Gasteiger partial charge is 0.457 e. The van der Waals surface area contributed by atoms with Gasteiger partial charge in [0, 0.05) is 11.6 Å². The van der Waals surface area contributed by atoms with E-state index in [1.54, 1.807) is 54.6 Å². The Kier molecular flexibility index (Phi) is 6.62. The van der Waals surface area contributed by atoms with Crippen LogP contribution in [0.5, 0.6) is 0 Å². The van der Waals surface area contributed by atoms with Crippen molar-refractivity contribution in [1.29, 1.82) is 0 Å². The molecule has 10 heteroatoms. The van der Waals surface area contributed by atoms with Crippen molar-refractivity contribution in [3.63, 3.8) is 0 Å². The second-order valence-corrected chi connectivity index (χ2v) is 8.84. The van der Waals surface area contributed by atoms with Gasteiger partial charge in [-0.2, -0.15) is 0 Å². The van der Waals surface area contributed by atoms with E-state index in [2.05, 4.69) is 5.32 Å². The SMILES string of the molecule is O=C(CN1C(=O)S/C(=C\c2ccc(-c3ccc(Cl)c(Cl)c3)o2)C1=O)Nc1ccccc1Cl. The van der Waals surface area contributed by atoms with Crippen molar-refractivity contribution < 1.29 is 18.8 Å². The third-order valence-electron chi connectivity index (χ3n) is 4.43. The number of benzene rings is 2. The van der Waals surface area contributed by atoms with E-state index in [0.29, 0.717) is 37.8 Å². The van der Waals surface area contributed by atoms with Crippen LogP contribution in [0.4, 0.5) is 10.5 Å². The summed E-state index contributed by atoms with van der Waals surface area (Å²) in [5.74, 6) is -0.228. The molecule has 2 heterocycles. The number of nitrogens with zero attached hydrogens (tertiary/aromatic N) is 1. The molecule has 162 valence electrons. The average molecular weight is 508 g/mol. The second kappa shape index (κ2) is 9.42. The Morgan fingerprint density at radius 3 is 2.53 bits per heavy atom. The summed E-state index contributed by atoms with van der Waals surface area (Å²) >= 11 is 18.7. The van der Waals surface area contributed by atoms with Crippen LogP contribution in [0.15, 0.2) is 63.9 Å². The van der Waals surface area contributed by atoms with Crippen LogP contribution in [0.3, 0.4) is 0 Å². The Balaban J connectivity index is 1.46. The number of nitrogens with one attached hydrogen (secondary N) is 1. The molecule has 2 aromatic carbocycles. The molecule has 0 aliphatic carbocycles. The number of anilines is 1. The Hall–Kier alpha value is -2.71. The van der Waals surface area contributed by atoms with Crippen molar-refractivity contribution in [1.82, 2.24) is 4.90 Å². The van der Waals surface area contributed by atoms with Crippen molar-refractivity contribution in [2.75, 3.05) is 11.9 Å². The summed E-state index contributed by atoms with van der Waals surface area (Å²) in [5, 5.41) is 3.20. The van der Waals surface area contributed by atoms with E-state index in [1.807, 2.05) is 0 Å². The molecule has 0 atom stereocenters. The maximum Gasteiger partial charge on any atom is 0.294 e. The number of imide groups is 1. The van der Waals surface area contributed by atoms with Crippen molar-refractivity contribution in [3.05, 3.63) is 80.3 Å². The van der Waals surface area contributed by atoms with Crippen LogP contribution in [0.1, 0.15) is 5.76 Å². The van der Waals surface area contributed by atoms with E-state index < -0.39 is 23.6 Å². The standard InChI is InChI=1S/C22H13Cl3N2O4S/c23-14-7-5-12(9-16(14)25)18-8-6-13(31-18)10-19-21(29)27(22(30)32-19)11-20(28)26-17-4-2-1-3-15(17)24/h1-10H,11H2,(H,26,28)/b19-10-. The number of amides is 3. The molecule has 4 rings (SSSR count). The van der Waals surface area contributed by atoms with E-state index in [0.717, 1.165) is 16.7 Å². The van der Waals surface area contributed by atoms with Crippen LogP contribution in [-0.2, 0) is 9.59 Å². The highest BCUT2D eigenvalue weighted by Crippen LogP contribution is 2.34. The number of para-hydroxylation sites is 1. The van der Waals surface area contributed by atoms with Crippen molar-refractivity contribution >= 4 is 75.4 Å². The van der Waals surface area contributed by atoms with Crippen LogP contribution in [0, 0.1) is 0 Å². The third kappa shape index (κ3) is 4.86. The number of halogens is 3. The molecule has 0 unspecified atom stereocenters. The van der Waals surface area contributed by atoms with Gasteiger partial charge in [0.15, 0.2) is 0 Å². The summed E-state index contributed by atoms with van der Waals surface area (Å²) in [6, 6.07) is 15.1. The average Bonchev–Trinajstić information content (AvgIpc) is 3.32. The third-order valence-corrected chi connectivity index (χ3v) is 6.40. The Labute approximate surface area is 202 Å². The summed E-state index contributed by atoms with van der Waals surface area (Å²) in [6.07, 6.45) is 1.46. The number of furan rings is 1. The first-order valence-electron chi connectivity index (χ1n) is 9.17. The number of hydrogen-bond acceptors (Lipinski definition) is 5. The molecule has 6 nitrogen and oxygen atoms in total. The minimum atomic E-state index is -0.582. The van der Waals surface area contributed by atoms with Gasteiger partial charge in [-0.1, -0.05) is 46.9 Å². The van der Waals surface area contributed by atoms with Gasteiger partial charge in [0.2, 0.25) is 5.91 Å². The fourth-order valence-electron chi connectivity index (χ4n) is 2.90. The van der Waals surface area contributed by atoms with E-state index in [-0.39, 0.29) is 4.91 Å². The van der Waals surface area contributed by atoms with Crippen LogP contribution < -0.4 is 5.32 Å². The summed E-state index contributed by atoms with van der Waals surface area (Å²) in [5.41, 5.74) is 1.11. The molecule has 0 spiro atoms. The van der Waals surface area contributed by atoms with Crippen molar-refractivity contribution in [2.24, 2.45) is 0 Å². The van der Waals surface area contributed by atoms with Crippen molar-refractivity contribution in [3.8, 4) is 11.3 Å². The van der Waals surface area contributed by atoms with E-state index >= 15 is 0 Å². The minimum absolute atomic E-state index is 0.149. The smallest absolute Gasteiger partial charge is 0.294 e. The number of hydrogen-bond donors (Lipinski definition) is 1. The van der Waals surface area contributed by atoms with Gasteiger partial charge in [-0.05, 0) is 54.2 Å². The first kappa shape index (κ1) is 22.5. The topological polar surface area (TPSA) is 79.6 Å². The lowest BCUT2D eigenvalue weighted by Crippen LogP contribution is -2.36. The molecule has 1 saturated heterocycles. The molecule has 1 fully saturated rings. The maximum atomic E-state index is 12.7. The zero-order valence-corrected chi connectivity index (χ0v) is 19.2. The molecule has 1 aromatic heterocycles. The van der Waals surface area contributed by atoms with Crippen LogP contribution in [0.25, 0.3) is 17.4 Å². The Morgan fingerprint density at radius 2 is 1.78 bits per heavy atom. The van der Waals surface area contributed by atoms with Gasteiger partial charge in [-0.25, -0.2) is 0 Å². The van der Waals surface area contributed by atoms with Gasteiger partial charge in [-0.3, -0.25) is 19.3 Å². The molecular formula is C22H13Cl3N2O4S. The first-order valence-corrected chi connectivity index (χ1v) is 11.1. The predicted molar refractivity (Wildman–Crippen MR) is 127 cm³/mol. The molecule has 3 aromatic rings. The number of carbonyl (C=O) groups is 3. The molecule has 0 bridgehead atoms. The van der Waals surface area contributed by atoms with Crippen LogP contribution in [0.2, 0.25) is 15.1 Å². The normalized spacial score (nSPS) is 15.0. The molecule has 3 amide bonds. The molecule has 0 radical (unpaired) electrons. The van der Waals surface area contributed by atoms with E-state index in [9.17, 15) is 14.4 Å². The number of rotatable bonds is 5. The Morgan fingerprint density at radius 1 is 1.00 bits per heavy atom. The summed E-state index contributed by atoms with van der Waals surface area (Å²) < 4.78 is 5.75. The van der Waals surface area contributed by atoms with Crippen molar-refractivity contribution in [2.45, 2.75) is 0 Å². The Bertz CT molecular complexity index is 1270. The van der Waals surface area contributed by atoms with Crippen LogP contribution >= 0.6 is 46.6 Å². The van der Waals surface area contributed by atoms with Crippen LogP contribution in [-0.4, -0.2) is 28.5 Å². The first-order chi connectivity index (χ1) is 15.3. The summed E-state index contributed by atoms with van der Waals surface area (Å²) in [6.45, 7) is -0.431. The lowest BCUT2D eigenvalue weighted by Gasteiger charge is -2.13. The second-order valence-electron chi connectivity index (χ2n) is 6.63. The number of carbonyl (C=O) groups excluding carboxylic acids is 3. The summed E-state index contributed by atoms with van der Waals surface area (Å²) in [4.78, 5) is 38.3. The maximum absolute atomic E-state index is 12.7. The highest BCUT2D eigenvalue weighted by molar-refractivity contribution is 8.18. The summed E-state index contributed by atoms with van der Waals surface area (Å²) in [7, 11) is 0. The molecule has 0 saturated carbocycles. The fraction of sp³-hybridized carbons (Fsp3) is 0.0455. The highest BCUT2D eigenvalue weighted by Gasteiger charge is 2.36. The zero-order valence-electron chi connectivity index (χ0n) is 16.1. The fourth-order valence-corrected chi connectivity index (χ4v) is 4.20. The monoisotopic (exact) mass is 506 g/mol. The van der Waals surface area contributed by atoms with Gasteiger partial charge < -0.3 is 9.73 Å². The zero-order chi connectivity index (χ0) is 22.8. The molecule has 1 N–H and O–H groups in total. The quantitative estimate of drug-likeness (QED) is 0.395. The molecule has 32 heavy (non-hydrogen) atoms.